The molecule has 2 saturated heterocycles. The average molecular weight is 563 g/mol. The molecule has 2 aliphatic heterocycles. The lowest BCUT2D eigenvalue weighted by molar-refractivity contribution is -0.144. The molecule has 4 fully saturated rings. The van der Waals surface area contributed by atoms with Crippen molar-refractivity contribution in [2.24, 2.45) is 23.5 Å². The van der Waals surface area contributed by atoms with E-state index in [2.05, 4.69) is 10.6 Å². The normalized spacial score (nSPS) is 27.8. The summed E-state index contributed by atoms with van der Waals surface area (Å²) in [6.45, 7) is 9.38. The monoisotopic (exact) mass is 562 g/mol. The first-order valence-electron chi connectivity index (χ1n) is 14.8. The first kappa shape index (κ1) is 30.3. The van der Waals surface area contributed by atoms with Crippen molar-refractivity contribution in [3.05, 3.63) is 0 Å². The number of hydrogen-bond donors (Lipinski definition) is 3. The number of likely N-dealkylation sites (tertiary alicyclic amines) is 1. The lowest BCUT2D eigenvalue weighted by atomic mass is 9.83. The second-order valence-corrected chi connectivity index (χ2v) is 13.7. The van der Waals surface area contributed by atoms with Crippen LogP contribution >= 0.6 is 0 Å². The molecule has 4 amide bonds. The Hall–Kier alpha value is -2.69. The Morgan fingerprint density at radius 3 is 2.25 bits per heavy atom. The van der Waals surface area contributed by atoms with Crippen LogP contribution in [0.3, 0.4) is 0 Å². The molecule has 0 radical (unpaired) electrons. The standard InChI is InChI=1S/C29H46N4O7/c1-28(2,3)40-27(38)32-21(17-9-7-6-8-10-17)26(37)33-15-20-18(14-29(4,5)39-20)22(33)25(36)31-19(13-16-11-12-16)23(34)24(30)35/h16-22H,6-15H2,1-5H3,(H2,30,35)(H,31,36)(H,32,38). The molecule has 11 heteroatoms. The molecule has 0 aromatic heterocycles. The quantitative estimate of drug-likeness (QED) is 0.364. The molecule has 4 N–H and O–H groups in total. The van der Waals surface area contributed by atoms with Crippen molar-refractivity contribution in [3.8, 4) is 0 Å². The van der Waals surface area contributed by atoms with E-state index in [1.54, 1.807) is 20.8 Å². The maximum atomic E-state index is 14.2. The fourth-order valence-corrected chi connectivity index (χ4v) is 6.64. The summed E-state index contributed by atoms with van der Waals surface area (Å²) in [6.07, 6.45) is 6.25. The molecular formula is C29H46N4O7. The number of alkyl carbamates (subject to hydrolysis) is 1. The maximum absolute atomic E-state index is 14.2. The zero-order valence-corrected chi connectivity index (χ0v) is 24.5. The van der Waals surface area contributed by atoms with Crippen molar-refractivity contribution in [1.29, 1.82) is 0 Å². The van der Waals surface area contributed by atoms with Crippen molar-refractivity contribution < 1.29 is 33.4 Å². The minimum absolute atomic E-state index is 0.0886. The number of amides is 4. The number of hydrogen-bond acceptors (Lipinski definition) is 7. The maximum Gasteiger partial charge on any atom is 0.408 e. The Morgan fingerprint density at radius 1 is 1.02 bits per heavy atom. The van der Waals surface area contributed by atoms with Crippen molar-refractivity contribution >= 4 is 29.6 Å². The van der Waals surface area contributed by atoms with Crippen LogP contribution in [0.5, 0.6) is 0 Å². The van der Waals surface area contributed by atoms with Crippen LogP contribution < -0.4 is 16.4 Å². The number of nitrogens with one attached hydrogen (secondary N) is 2. The van der Waals surface area contributed by atoms with E-state index in [4.69, 9.17) is 15.2 Å². The highest BCUT2D eigenvalue weighted by atomic mass is 16.6. The fourth-order valence-electron chi connectivity index (χ4n) is 6.64. The van der Waals surface area contributed by atoms with E-state index >= 15 is 0 Å². The lowest BCUT2D eigenvalue weighted by Crippen LogP contribution is -2.59. The SMILES string of the molecule is CC(C)(C)OC(=O)NC(C(=O)N1CC2OC(C)(C)CC2C1C(=O)NC(CC1CC1)C(=O)C(N)=O)C1CCCCC1. The summed E-state index contributed by atoms with van der Waals surface area (Å²) < 4.78 is 11.7. The summed E-state index contributed by atoms with van der Waals surface area (Å²) in [6, 6.07) is -2.79. The largest absolute Gasteiger partial charge is 0.444 e. The molecule has 5 unspecified atom stereocenters. The molecule has 0 bridgehead atoms. The van der Waals surface area contributed by atoms with Gasteiger partial charge in [-0.3, -0.25) is 19.2 Å². The summed E-state index contributed by atoms with van der Waals surface area (Å²) in [5.74, 6) is -2.90. The highest BCUT2D eigenvalue weighted by Crippen LogP contribution is 2.44. The Kier molecular flexibility index (Phi) is 8.82. The number of Topliss-reactive ketones (excluding diaryl/α,β-unsaturated/α-hetero) is 1. The number of carbonyl (C=O) groups excluding carboxylic acids is 5. The molecule has 224 valence electrons. The number of ketones is 1. The van der Waals surface area contributed by atoms with Gasteiger partial charge in [0.1, 0.15) is 17.7 Å². The molecule has 2 heterocycles. The third-order valence-electron chi connectivity index (χ3n) is 8.55. The van der Waals surface area contributed by atoms with Gasteiger partial charge >= 0.3 is 6.09 Å². The number of primary amides is 1. The smallest absolute Gasteiger partial charge is 0.408 e. The van der Waals surface area contributed by atoms with Crippen LogP contribution in [0.25, 0.3) is 0 Å². The van der Waals surface area contributed by atoms with Gasteiger partial charge in [-0.1, -0.05) is 32.1 Å². The number of nitrogens with two attached hydrogens (primary N) is 1. The van der Waals surface area contributed by atoms with Gasteiger partial charge in [0.05, 0.1) is 17.7 Å². The van der Waals surface area contributed by atoms with Crippen LogP contribution in [0.1, 0.15) is 92.4 Å². The van der Waals surface area contributed by atoms with Gasteiger partial charge in [0.15, 0.2) is 0 Å². The number of ether oxygens (including phenoxy) is 2. The lowest BCUT2D eigenvalue weighted by Gasteiger charge is -2.36. The van der Waals surface area contributed by atoms with Gasteiger partial charge < -0.3 is 30.7 Å². The predicted molar refractivity (Wildman–Crippen MR) is 146 cm³/mol. The minimum atomic E-state index is -1.09. The number of fused-ring (bicyclic) bond motifs is 1. The molecule has 11 nitrogen and oxygen atoms in total. The van der Waals surface area contributed by atoms with Gasteiger partial charge in [-0.2, -0.15) is 0 Å². The summed E-state index contributed by atoms with van der Waals surface area (Å²) in [5.41, 5.74) is 4.08. The van der Waals surface area contributed by atoms with E-state index in [1.807, 2.05) is 13.8 Å². The van der Waals surface area contributed by atoms with Gasteiger partial charge in [-0.15, -0.1) is 0 Å². The Balaban J connectivity index is 1.60. The molecule has 0 aromatic carbocycles. The summed E-state index contributed by atoms with van der Waals surface area (Å²) in [4.78, 5) is 66.8. The topological polar surface area (TPSA) is 157 Å². The first-order valence-corrected chi connectivity index (χ1v) is 14.8. The molecule has 2 saturated carbocycles. The molecule has 4 rings (SSSR count). The molecule has 4 aliphatic rings. The van der Waals surface area contributed by atoms with Crippen molar-refractivity contribution in [2.45, 2.75) is 128 Å². The van der Waals surface area contributed by atoms with Crippen LogP contribution in [0.15, 0.2) is 0 Å². The van der Waals surface area contributed by atoms with E-state index in [0.717, 1.165) is 44.9 Å². The molecule has 0 spiro atoms. The molecule has 40 heavy (non-hydrogen) atoms. The van der Waals surface area contributed by atoms with Gasteiger partial charge in [0.25, 0.3) is 5.91 Å². The van der Waals surface area contributed by atoms with Gasteiger partial charge in [-0.25, -0.2) is 4.79 Å². The van der Waals surface area contributed by atoms with Crippen LogP contribution in [0.4, 0.5) is 4.79 Å². The highest BCUT2D eigenvalue weighted by Gasteiger charge is 2.56. The van der Waals surface area contributed by atoms with Gasteiger partial charge in [0.2, 0.25) is 17.6 Å². The van der Waals surface area contributed by atoms with Crippen LogP contribution in [0.2, 0.25) is 0 Å². The minimum Gasteiger partial charge on any atom is -0.444 e. The van der Waals surface area contributed by atoms with E-state index in [1.165, 1.54) is 4.90 Å². The summed E-state index contributed by atoms with van der Waals surface area (Å²) >= 11 is 0. The summed E-state index contributed by atoms with van der Waals surface area (Å²) in [5, 5.41) is 5.61. The van der Waals surface area contributed by atoms with Crippen LogP contribution in [-0.2, 0) is 28.7 Å². The van der Waals surface area contributed by atoms with E-state index in [9.17, 15) is 24.0 Å². The number of carbonyl (C=O) groups is 5. The zero-order valence-electron chi connectivity index (χ0n) is 24.5. The van der Waals surface area contributed by atoms with Crippen LogP contribution in [0, 0.1) is 17.8 Å². The van der Waals surface area contributed by atoms with Crippen molar-refractivity contribution in [1.82, 2.24) is 15.5 Å². The summed E-state index contributed by atoms with van der Waals surface area (Å²) in [7, 11) is 0. The van der Waals surface area contributed by atoms with Gasteiger partial charge in [-0.05, 0) is 72.1 Å². The number of rotatable bonds is 9. The Labute approximate surface area is 236 Å². The average Bonchev–Trinajstić information content (AvgIpc) is 3.53. The fraction of sp³-hybridized carbons (Fsp3) is 0.828. The first-order chi connectivity index (χ1) is 18.6. The van der Waals surface area contributed by atoms with Gasteiger partial charge in [0, 0.05) is 12.5 Å². The van der Waals surface area contributed by atoms with E-state index in [-0.39, 0.29) is 36.3 Å². The Morgan fingerprint density at radius 2 is 1.68 bits per heavy atom. The third kappa shape index (κ3) is 7.33. The third-order valence-corrected chi connectivity index (χ3v) is 8.55. The molecule has 2 aliphatic carbocycles. The Bertz CT molecular complexity index is 1010. The zero-order chi connectivity index (χ0) is 29.4. The highest BCUT2D eigenvalue weighted by molar-refractivity contribution is 6.37. The predicted octanol–water partition coefficient (Wildman–Crippen LogP) is 2.19. The number of nitrogens with zero attached hydrogens (tertiary/aromatic N) is 1. The van der Waals surface area contributed by atoms with Crippen LogP contribution in [-0.4, -0.2) is 76.5 Å². The van der Waals surface area contributed by atoms with Crippen molar-refractivity contribution in [3.63, 3.8) is 0 Å². The second kappa shape index (κ2) is 11.7. The molecule has 0 aromatic rings. The molecule has 5 atom stereocenters. The second-order valence-electron chi connectivity index (χ2n) is 13.7. The van der Waals surface area contributed by atoms with E-state index in [0.29, 0.717) is 12.8 Å². The van der Waals surface area contributed by atoms with E-state index < -0.39 is 53.0 Å². The molecular weight excluding hydrogens is 516 g/mol. The van der Waals surface area contributed by atoms with Crippen molar-refractivity contribution in [2.75, 3.05) is 6.54 Å².